The summed E-state index contributed by atoms with van der Waals surface area (Å²) in [5.41, 5.74) is 1.39. The molecule has 3 aromatic rings. The predicted octanol–water partition coefficient (Wildman–Crippen LogP) is 3.77. The lowest BCUT2D eigenvalue weighted by Crippen LogP contribution is -2.07. The maximum atomic E-state index is 12.0. The van der Waals surface area contributed by atoms with Gasteiger partial charge in [-0.3, -0.25) is 10.1 Å². The van der Waals surface area contributed by atoms with Crippen molar-refractivity contribution in [3.8, 4) is 23.0 Å². The Morgan fingerprint density at radius 2 is 1.96 bits per heavy atom. The van der Waals surface area contributed by atoms with Gasteiger partial charge in [-0.25, -0.2) is 0 Å². The number of carbonyl (C=O) groups is 1. The standard InChI is InChI=1S/C18H12ClN3O4/c19-13-4-2-1-3-11(13)6-8-16(23)20-18-22-21-17(26-18)12-5-7-14-15(9-12)25-10-24-14/h1-9H,10H2,(H,20,22,23). The van der Waals surface area contributed by atoms with E-state index in [0.29, 0.717) is 22.1 Å². The van der Waals surface area contributed by atoms with Crippen LogP contribution in [0.15, 0.2) is 53.0 Å². The van der Waals surface area contributed by atoms with Gasteiger partial charge in [0.05, 0.1) is 0 Å². The number of fused-ring (bicyclic) bond motifs is 1. The molecule has 4 rings (SSSR count). The fourth-order valence-electron chi connectivity index (χ4n) is 2.34. The van der Waals surface area contributed by atoms with Crippen LogP contribution >= 0.6 is 11.6 Å². The van der Waals surface area contributed by atoms with Gasteiger partial charge in [0.2, 0.25) is 12.7 Å². The summed E-state index contributed by atoms with van der Waals surface area (Å²) in [5, 5.41) is 10.8. The number of hydrogen-bond donors (Lipinski definition) is 1. The van der Waals surface area contributed by atoms with Gasteiger partial charge in [-0.2, -0.15) is 0 Å². The van der Waals surface area contributed by atoms with Crippen molar-refractivity contribution >= 4 is 29.6 Å². The number of aromatic nitrogens is 2. The van der Waals surface area contributed by atoms with Crippen LogP contribution in [0.2, 0.25) is 5.02 Å². The first kappa shape index (κ1) is 16.2. The number of halogens is 1. The molecule has 1 aliphatic rings. The Morgan fingerprint density at radius 1 is 1.12 bits per heavy atom. The van der Waals surface area contributed by atoms with Gasteiger partial charge in [-0.05, 0) is 35.9 Å². The number of hydrogen-bond acceptors (Lipinski definition) is 6. The minimum atomic E-state index is -0.411. The van der Waals surface area contributed by atoms with E-state index in [2.05, 4.69) is 15.5 Å². The zero-order chi connectivity index (χ0) is 17.9. The molecular formula is C18H12ClN3O4. The summed E-state index contributed by atoms with van der Waals surface area (Å²) in [6, 6.07) is 12.4. The van der Waals surface area contributed by atoms with Gasteiger partial charge >= 0.3 is 6.01 Å². The minimum Gasteiger partial charge on any atom is -0.454 e. The first-order valence-electron chi connectivity index (χ1n) is 7.66. The Balaban J connectivity index is 1.45. The van der Waals surface area contributed by atoms with Crippen LogP contribution in [0.5, 0.6) is 11.5 Å². The molecule has 26 heavy (non-hydrogen) atoms. The zero-order valence-corrected chi connectivity index (χ0v) is 14.1. The lowest BCUT2D eigenvalue weighted by molar-refractivity contribution is -0.112. The van der Waals surface area contributed by atoms with Crippen molar-refractivity contribution in [2.24, 2.45) is 0 Å². The Hall–Kier alpha value is -3.32. The molecule has 130 valence electrons. The molecule has 0 atom stereocenters. The minimum absolute atomic E-state index is 0.00789. The number of amides is 1. The molecule has 0 radical (unpaired) electrons. The van der Waals surface area contributed by atoms with Crippen molar-refractivity contribution in [3.63, 3.8) is 0 Å². The molecule has 0 fully saturated rings. The molecule has 7 nitrogen and oxygen atoms in total. The van der Waals surface area contributed by atoms with Crippen molar-refractivity contribution in [2.75, 3.05) is 12.1 Å². The molecule has 0 spiro atoms. The molecule has 0 saturated carbocycles. The van der Waals surface area contributed by atoms with E-state index in [-0.39, 0.29) is 18.7 Å². The molecule has 0 aliphatic carbocycles. The lowest BCUT2D eigenvalue weighted by atomic mass is 10.2. The molecule has 1 amide bonds. The summed E-state index contributed by atoms with van der Waals surface area (Å²) in [4.78, 5) is 12.0. The first-order chi connectivity index (χ1) is 12.7. The number of nitrogens with one attached hydrogen (secondary N) is 1. The van der Waals surface area contributed by atoms with Gasteiger partial charge in [-0.15, -0.1) is 5.10 Å². The summed E-state index contributed by atoms with van der Waals surface area (Å²) >= 11 is 6.04. The number of benzene rings is 2. The van der Waals surface area contributed by atoms with Crippen molar-refractivity contribution in [1.29, 1.82) is 0 Å². The van der Waals surface area contributed by atoms with E-state index in [1.54, 1.807) is 36.4 Å². The molecule has 1 N–H and O–H groups in total. The van der Waals surface area contributed by atoms with Crippen molar-refractivity contribution in [3.05, 3.63) is 59.1 Å². The Kier molecular flexibility index (Phi) is 4.28. The van der Waals surface area contributed by atoms with E-state index in [1.165, 1.54) is 6.08 Å². The average Bonchev–Trinajstić information content (AvgIpc) is 3.29. The van der Waals surface area contributed by atoms with Crippen LogP contribution < -0.4 is 14.8 Å². The highest BCUT2D eigenvalue weighted by atomic mass is 35.5. The number of rotatable bonds is 4. The van der Waals surface area contributed by atoms with Crippen LogP contribution in [0, 0.1) is 0 Å². The largest absolute Gasteiger partial charge is 0.454 e. The van der Waals surface area contributed by atoms with Gasteiger partial charge in [0.1, 0.15) is 0 Å². The van der Waals surface area contributed by atoms with E-state index in [4.69, 9.17) is 25.5 Å². The van der Waals surface area contributed by atoms with Gasteiger partial charge in [0.15, 0.2) is 11.5 Å². The quantitative estimate of drug-likeness (QED) is 0.704. The smallest absolute Gasteiger partial charge is 0.322 e. The third-order valence-electron chi connectivity index (χ3n) is 3.59. The highest BCUT2D eigenvalue weighted by molar-refractivity contribution is 6.32. The van der Waals surface area contributed by atoms with Crippen LogP contribution in [0.1, 0.15) is 5.56 Å². The van der Waals surface area contributed by atoms with Gasteiger partial charge in [0, 0.05) is 16.7 Å². The molecule has 2 heterocycles. The highest BCUT2D eigenvalue weighted by Gasteiger charge is 2.17. The van der Waals surface area contributed by atoms with Crippen molar-refractivity contribution < 1.29 is 18.7 Å². The molecular weight excluding hydrogens is 358 g/mol. The monoisotopic (exact) mass is 369 g/mol. The van der Waals surface area contributed by atoms with Crippen LogP contribution in [0.4, 0.5) is 6.01 Å². The summed E-state index contributed by atoms with van der Waals surface area (Å²) in [5.74, 6) is 1.11. The number of anilines is 1. The fraction of sp³-hybridized carbons (Fsp3) is 0.0556. The molecule has 1 aliphatic heterocycles. The second-order valence-corrected chi connectivity index (χ2v) is 5.73. The SMILES string of the molecule is O=C(C=Cc1ccccc1Cl)Nc1nnc(-c2ccc3c(c2)OCO3)o1. The molecule has 0 bridgehead atoms. The van der Waals surface area contributed by atoms with E-state index < -0.39 is 5.91 Å². The van der Waals surface area contributed by atoms with Gasteiger partial charge < -0.3 is 13.9 Å². The van der Waals surface area contributed by atoms with E-state index >= 15 is 0 Å². The normalized spacial score (nSPS) is 12.5. The number of ether oxygens (including phenoxy) is 2. The van der Waals surface area contributed by atoms with Crippen LogP contribution in [-0.2, 0) is 4.79 Å². The summed E-state index contributed by atoms with van der Waals surface area (Å²) in [6.45, 7) is 0.182. The Morgan fingerprint density at radius 3 is 2.85 bits per heavy atom. The Bertz CT molecular complexity index is 1000. The molecule has 1 aromatic heterocycles. The number of carbonyl (C=O) groups excluding carboxylic acids is 1. The van der Waals surface area contributed by atoms with Crippen molar-refractivity contribution in [2.45, 2.75) is 0 Å². The van der Waals surface area contributed by atoms with E-state index in [0.717, 1.165) is 5.56 Å². The van der Waals surface area contributed by atoms with E-state index in [1.807, 2.05) is 12.1 Å². The Labute approximate surface area is 153 Å². The van der Waals surface area contributed by atoms with Crippen LogP contribution in [0.3, 0.4) is 0 Å². The second-order valence-electron chi connectivity index (χ2n) is 5.32. The van der Waals surface area contributed by atoms with Gasteiger partial charge in [-0.1, -0.05) is 34.9 Å². The van der Waals surface area contributed by atoms with Crippen LogP contribution in [-0.4, -0.2) is 22.9 Å². The lowest BCUT2D eigenvalue weighted by Gasteiger charge is -1.98. The topological polar surface area (TPSA) is 86.5 Å². The summed E-state index contributed by atoms with van der Waals surface area (Å²) < 4.78 is 16.0. The highest BCUT2D eigenvalue weighted by Crippen LogP contribution is 2.35. The predicted molar refractivity (Wildman–Crippen MR) is 95.0 cm³/mol. The maximum absolute atomic E-state index is 12.0. The van der Waals surface area contributed by atoms with Gasteiger partial charge in [0.25, 0.3) is 5.91 Å². The fourth-order valence-corrected chi connectivity index (χ4v) is 2.54. The molecule has 0 saturated heterocycles. The third-order valence-corrected chi connectivity index (χ3v) is 3.94. The average molecular weight is 370 g/mol. The number of nitrogens with zero attached hydrogens (tertiary/aromatic N) is 2. The molecule has 0 unspecified atom stereocenters. The van der Waals surface area contributed by atoms with Crippen molar-refractivity contribution in [1.82, 2.24) is 10.2 Å². The summed E-state index contributed by atoms with van der Waals surface area (Å²) in [6.07, 6.45) is 2.94. The third kappa shape index (κ3) is 3.38. The first-order valence-corrected chi connectivity index (χ1v) is 8.04. The second kappa shape index (κ2) is 6.89. The zero-order valence-electron chi connectivity index (χ0n) is 13.3. The molecule has 2 aromatic carbocycles. The van der Waals surface area contributed by atoms with E-state index in [9.17, 15) is 4.79 Å². The molecule has 8 heteroatoms. The maximum Gasteiger partial charge on any atom is 0.322 e. The van der Waals surface area contributed by atoms with Crippen LogP contribution in [0.25, 0.3) is 17.5 Å². The summed E-state index contributed by atoms with van der Waals surface area (Å²) in [7, 11) is 0.